The lowest BCUT2D eigenvalue weighted by Crippen LogP contribution is -2.44. The van der Waals surface area contributed by atoms with Crippen molar-refractivity contribution in [1.29, 1.82) is 0 Å². The Hall–Kier alpha value is -3.43. The Morgan fingerprint density at radius 2 is 2.12 bits per heavy atom. The summed E-state index contributed by atoms with van der Waals surface area (Å²) in [6.45, 7) is 7.70. The molecular weight excluding hydrogens is 415 g/mol. The van der Waals surface area contributed by atoms with E-state index < -0.39 is 11.4 Å². The molecule has 3 aromatic heterocycles. The molecule has 3 aromatic rings. The van der Waals surface area contributed by atoms with E-state index >= 15 is 0 Å². The van der Waals surface area contributed by atoms with Crippen LogP contribution >= 0.6 is 0 Å². The number of hydrogen-bond donors (Lipinski definition) is 1. The molecule has 32 heavy (non-hydrogen) atoms. The van der Waals surface area contributed by atoms with E-state index in [9.17, 15) is 9.18 Å². The molecular formula is C22H25FN6O3. The summed E-state index contributed by atoms with van der Waals surface area (Å²) in [6.07, 6.45) is 4.93. The molecule has 0 fully saturated rings. The van der Waals surface area contributed by atoms with Crippen LogP contribution in [0.2, 0.25) is 0 Å². The summed E-state index contributed by atoms with van der Waals surface area (Å²) < 4.78 is 27.6. The molecule has 168 valence electrons. The fourth-order valence-corrected chi connectivity index (χ4v) is 4.02. The Morgan fingerprint density at radius 3 is 2.97 bits per heavy atom. The number of carbonyl (C=O) groups is 1. The summed E-state index contributed by atoms with van der Waals surface area (Å²) in [6, 6.07) is 1.44. The molecule has 10 heteroatoms. The molecule has 0 unspecified atom stereocenters. The lowest BCUT2D eigenvalue weighted by Gasteiger charge is -2.28. The average Bonchev–Trinajstić information content (AvgIpc) is 3.08. The molecule has 1 amide bonds. The van der Waals surface area contributed by atoms with Gasteiger partial charge in [-0.05, 0) is 19.9 Å². The van der Waals surface area contributed by atoms with Gasteiger partial charge in [-0.25, -0.2) is 18.9 Å². The van der Waals surface area contributed by atoms with E-state index in [1.165, 1.54) is 12.3 Å². The molecule has 0 aromatic carbocycles. The normalized spacial score (nSPS) is 20.6. The third kappa shape index (κ3) is 3.80. The molecule has 0 aliphatic carbocycles. The fourth-order valence-electron chi connectivity index (χ4n) is 4.02. The smallest absolute Gasteiger partial charge is 0.257 e. The number of fused-ring (bicyclic) bond motifs is 1. The van der Waals surface area contributed by atoms with Crippen LogP contribution in [0.1, 0.15) is 43.1 Å². The fraction of sp³-hybridized carbons (Fsp3) is 0.455. The quantitative estimate of drug-likeness (QED) is 0.574. The number of nitrogens with zero attached hydrogens (tertiary/aromatic N) is 5. The minimum absolute atomic E-state index is 0.199. The topological polar surface area (TPSA) is 93.9 Å². The van der Waals surface area contributed by atoms with Gasteiger partial charge < -0.3 is 19.7 Å². The number of hydrogen-bond acceptors (Lipinski definition) is 7. The lowest BCUT2D eigenvalue weighted by molar-refractivity contribution is 0.0902. The number of carbonyl (C=O) groups excluding carboxylic acids is 1. The first-order chi connectivity index (χ1) is 15.3. The summed E-state index contributed by atoms with van der Waals surface area (Å²) in [5.41, 5.74) is 0.890. The molecule has 9 nitrogen and oxygen atoms in total. The second-order valence-electron chi connectivity index (χ2n) is 9.11. The van der Waals surface area contributed by atoms with Crippen LogP contribution in [0.25, 0.3) is 5.65 Å². The van der Waals surface area contributed by atoms with Gasteiger partial charge in [0.15, 0.2) is 17.2 Å². The number of anilines is 1. The Bertz CT molecular complexity index is 1190. The molecule has 2 aliphatic rings. The summed E-state index contributed by atoms with van der Waals surface area (Å²) in [4.78, 5) is 24.0. The van der Waals surface area contributed by atoms with E-state index in [2.05, 4.69) is 22.3 Å². The van der Waals surface area contributed by atoms with Gasteiger partial charge in [-0.2, -0.15) is 5.10 Å². The van der Waals surface area contributed by atoms with Crippen molar-refractivity contribution in [2.75, 3.05) is 24.7 Å². The van der Waals surface area contributed by atoms with Crippen molar-refractivity contribution in [3.05, 3.63) is 41.6 Å². The van der Waals surface area contributed by atoms with Crippen LogP contribution in [-0.4, -0.2) is 50.8 Å². The molecule has 1 N–H and O–H groups in total. The summed E-state index contributed by atoms with van der Waals surface area (Å²) in [7, 11) is 0. The highest BCUT2D eigenvalue weighted by molar-refractivity contribution is 6.00. The van der Waals surface area contributed by atoms with Crippen LogP contribution in [0, 0.1) is 11.7 Å². The molecule has 5 rings (SSSR count). The molecule has 0 saturated carbocycles. The van der Waals surface area contributed by atoms with Crippen molar-refractivity contribution < 1.29 is 18.7 Å². The van der Waals surface area contributed by atoms with Gasteiger partial charge in [-0.3, -0.25) is 4.79 Å². The van der Waals surface area contributed by atoms with Gasteiger partial charge in [0.1, 0.15) is 11.4 Å². The zero-order valence-electron chi connectivity index (χ0n) is 18.3. The van der Waals surface area contributed by atoms with Gasteiger partial charge in [-0.15, -0.1) is 0 Å². The predicted molar refractivity (Wildman–Crippen MR) is 115 cm³/mol. The van der Waals surface area contributed by atoms with Crippen molar-refractivity contribution in [2.45, 2.75) is 39.3 Å². The molecule has 0 saturated heterocycles. The molecule has 2 bridgehead atoms. The van der Waals surface area contributed by atoms with Gasteiger partial charge in [-0.1, -0.05) is 6.92 Å². The zero-order valence-corrected chi connectivity index (χ0v) is 18.3. The zero-order chi connectivity index (χ0) is 22.5. The highest BCUT2D eigenvalue weighted by atomic mass is 19.1. The summed E-state index contributed by atoms with van der Waals surface area (Å²) in [5, 5.41) is 7.35. The Morgan fingerprint density at radius 1 is 1.28 bits per heavy atom. The average molecular weight is 440 g/mol. The van der Waals surface area contributed by atoms with E-state index in [1.54, 1.807) is 10.7 Å². The maximum Gasteiger partial charge on any atom is 0.257 e. The third-order valence-electron chi connectivity index (χ3n) is 5.71. The monoisotopic (exact) mass is 440 g/mol. The number of ether oxygens (including phenoxy) is 2. The number of aromatic nitrogens is 4. The van der Waals surface area contributed by atoms with E-state index in [1.807, 2.05) is 18.7 Å². The highest BCUT2D eigenvalue weighted by Gasteiger charge is 2.29. The van der Waals surface area contributed by atoms with Crippen molar-refractivity contribution in [2.24, 2.45) is 5.92 Å². The third-order valence-corrected chi connectivity index (χ3v) is 5.71. The number of halogens is 1. The van der Waals surface area contributed by atoms with Gasteiger partial charge in [0.25, 0.3) is 5.91 Å². The molecule has 5 heterocycles. The Labute approximate surface area is 184 Å². The van der Waals surface area contributed by atoms with Crippen LogP contribution in [-0.2, 0) is 6.54 Å². The first-order valence-electron chi connectivity index (χ1n) is 10.6. The molecule has 0 radical (unpaired) electrons. The van der Waals surface area contributed by atoms with Crippen LogP contribution in [0.5, 0.6) is 11.6 Å². The predicted octanol–water partition coefficient (Wildman–Crippen LogP) is 2.59. The van der Waals surface area contributed by atoms with Gasteiger partial charge in [0.05, 0.1) is 31.8 Å². The maximum absolute atomic E-state index is 14.1. The number of amides is 1. The van der Waals surface area contributed by atoms with Crippen LogP contribution in [0.4, 0.5) is 10.2 Å². The highest BCUT2D eigenvalue weighted by Crippen LogP contribution is 2.33. The summed E-state index contributed by atoms with van der Waals surface area (Å²) >= 11 is 0. The van der Waals surface area contributed by atoms with Gasteiger partial charge in [0, 0.05) is 36.5 Å². The number of rotatable bonds is 0. The number of nitrogens with one attached hydrogen (secondary N) is 1. The first-order valence-corrected chi connectivity index (χ1v) is 10.6. The Balaban J connectivity index is 1.68. The van der Waals surface area contributed by atoms with Crippen LogP contribution < -0.4 is 19.7 Å². The SMILES string of the molecule is C[C@@H]1COc2cn3ncc4c3nc2N(Cc2cc(F)cnc2OCCC(C)(C)NC4=O)C1. The number of pyridine rings is 1. The van der Waals surface area contributed by atoms with Crippen molar-refractivity contribution in [1.82, 2.24) is 24.9 Å². The maximum atomic E-state index is 14.1. The summed E-state index contributed by atoms with van der Waals surface area (Å²) in [5.74, 6) is 1.01. The van der Waals surface area contributed by atoms with E-state index in [4.69, 9.17) is 14.5 Å². The minimum Gasteiger partial charge on any atom is -0.488 e. The standard InChI is InChI=1S/C22H25FN6O3/c1-13-9-28-10-14-6-15(23)7-24-21(14)31-5-4-22(2,3)27-20(30)16-8-25-29-11-17(32-12-13)19(28)26-18(16)29/h6-8,11,13H,4-5,9-10,12H2,1-3H3,(H,27,30)/t13-/m0/s1. The Kier molecular flexibility index (Phi) is 4.87. The van der Waals surface area contributed by atoms with Crippen molar-refractivity contribution >= 4 is 17.4 Å². The lowest BCUT2D eigenvalue weighted by atomic mass is 10.0. The van der Waals surface area contributed by atoms with Crippen molar-refractivity contribution in [3.8, 4) is 11.6 Å². The van der Waals surface area contributed by atoms with Gasteiger partial charge in [0.2, 0.25) is 5.88 Å². The van der Waals surface area contributed by atoms with E-state index in [0.717, 1.165) is 6.20 Å². The van der Waals surface area contributed by atoms with Gasteiger partial charge >= 0.3 is 0 Å². The van der Waals surface area contributed by atoms with E-state index in [0.29, 0.717) is 66.9 Å². The van der Waals surface area contributed by atoms with Crippen LogP contribution in [0.3, 0.4) is 0 Å². The van der Waals surface area contributed by atoms with E-state index in [-0.39, 0.29) is 11.8 Å². The second kappa shape index (κ2) is 7.61. The largest absolute Gasteiger partial charge is 0.488 e. The molecule has 1 atom stereocenters. The first kappa shape index (κ1) is 20.5. The van der Waals surface area contributed by atoms with Crippen LogP contribution in [0.15, 0.2) is 24.7 Å². The minimum atomic E-state index is -0.550. The van der Waals surface area contributed by atoms with Crippen molar-refractivity contribution in [3.63, 3.8) is 0 Å². The second-order valence-corrected chi connectivity index (χ2v) is 9.11. The molecule has 0 spiro atoms. The molecule has 2 aliphatic heterocycles.